The first-order chi connectivity index (χ1) is 13.0. The summed E-state index contributed by atoms with van der Waals surface area (Å²) >= 11 is 11.8. The van der Waals surface area contributed by atoms with Crippen molar-refractivity contribution in [3.05, 3.63) is 52.3 Å². The lowest BCUT2D eigenvalue weighted by Gasteiger charge is -2.10. The number of rotatable bonds is 7. The van der Waals surface area contributed by atoms with E-state index in [4.69, 9.17) is 37.2 Å². The molecule has 142 valence electrons. The van der Waals surface area contributed by atoms with Gasteiger partial charge in [0.2, 0.25) is 5.82 Å². The van der Waals surface area contributed by atoms with Gasteiger partial charge in [0.15, 0.2) is 18.1 Å². The van der Waals surface area contributed by atoms with Crippen molar-refractivity contribution in [1.82, 2.24) is 10.1 Å². The number of nitrogens with zero attached hydrogens (tertiary/aromatic N) is 2. The fraction of sp³-hybridized carbons (Fsp3) is 0.176. The molecule has 0 spiro atoms. The maximum atomic E-state index is 12.4. The number of alkyl halides is 2. The van der Waals surface area contributed by atoms with E-state index in [0.717, 1.165) is 0 Å². The second-order valence-electron chi connectivity index (χ2n) is 5.12. The highest BCUT2D eigenvalue weighted by atomic mass is 35.5. The van der Waals surface area contributed by atoms with Crippen LogP contribution in [0.5, 0.6) is 17.2 Å². The molecular weight excluding hydrogens is 405 g/mol. The van der Waals surface area contributed by atoms with Gasteiger partial charge in [-0.05, 0) is 30.3 Å². The first kappa shape index (κ1) is 19.2. The molecule has 1 aromatic heterocycles. The van der Waals surface area contributed by atoms with Crippen LogP contribution in [0.3, 0.4) is 0 Å². The SMILES string of the molecule is COc1cc(-c2noc(COc3ccc(Cl)c(Cl)c3)n2)ccc1OC(F)F. The molecule has 0 atom stereocenters. The third-order valence-corrected chi connectivity index (χ3v) is 4.10. The molecule has 0 fully saturated rings. The van der Waals surface area contributed by atoms with E-state index in [0.29, 0.717) is 21.4 Å². The summed E-state index contributed by atoms with van der Waals surface area (Å²) < 4.78 is 44.8. The third kappa shape index (κ3) is 4.78. The molecule has 0 aliphatic rings. The Kier molecular flexibility index (Phi) is 5.98. The average molecular weight is 417 g/mol. The van der Waals surface area contributed by atoms with Crippen LogP contribution in [0.15, 0.2) is 40.9 Å². The van der Waals surface area contributed by atoms with Crippen LogP contribution in [-0.4, -0.2) is 23.9 Å². The van der Waals surface area contributed by atoms with Gasteiger partial charge in [-0.2, -0.15) is 13.8 Å². The highest BCUT2D eigenvalue weighted by Crippen LogP contribution is 2.32. The molecule has 0 amide bonds. The molecule has 0 saturated heterocycles. The summed E-state index contributed by atoms with van der Waals surface area (Å²) in [5.41, 5.74) is 0.498. The Bertz CT molecular complexity index is 937. The molecule has 2 aromatic carbocycles. The van der Waals surface area contributed by atoms with E-state index in [1.54, 1.807) is 18.2 Å². The van der Waals surface area contributed by atoms with Crippen LogP contribution in [0, 0.1) is 0 Å². The third-order valence-electron chi connectivity index (χ3n) is 3.36. The number of ether oxygens (including phenoxy) is 3. The molecule has 0 aliphatic heterocycles. The summed E-state index contributed by atoms with van der Waals surface area (Å²) in [6, 6.07) is 9.13. The molecule has 3 rings (SSSR count). The van der Waals surface area contributed by atoms with Crippen LogP contribution in [0.2, 0.25) is 10.0 Å². The average Bonchev–Trinajstić information content (AvgIpc) is 3.11. The van der Waals surface area contributed by atoms with Crippen LogP contribution in [0.4, 0.5) is 8.78 Å². The minimum Gasteiger partial charge on any atom is -0.493 e. The predicted molar refractivity (Wildman–Crippen MR) is 93.7 cm³/mol. The lowest BCUT2D eigenvalue weighted by atomic mass is 10.2. The highest BCUT2D eigenvalue weighted by molar-refractivity contribution is 6.42. The summed E-state index contributed by atoms with van der Waals surface area (Å²) in [4.78, 5) is 4.20. The number of halogens is 4. The lowest BCUT2D eigenvalue weighted by molar-refractivity contribution is -0.0512. The Hall–Kier alpha value is -2.58. The maximum Gasteiger partial charge on any atom is 0.387 e. The van der Waals surface area contributed by atoms with E-state index < -0.39 is 6.61 Å². The molecule has 0 aliphatic carbocycles. The van der Waals surface area contributed by atoms with Crippen molar-refractivity contribution in [2.45, 2.75) is 13.2 Å². The van der Waals surface area contributed by atoms with Crippen molar-refractivity contribution in [2.24, 2.45) is 0 Å². The van der Waals surface area contributed by atoms with Gasteiger partial charge in [-0.25, -0.2) is 0 Å². The first-order valence-corrected chi connectivity index (χ1v) is 8.25. The van der Waals surface area contributed by atoms with Crippen molar-refractivity contribution in [3.8, 4) is 28.6 Å². The zero-order chi connectivity index (χ0) is 19.4. The van der Waals surface area contributed by atoms with Crippen molar-refractivity contribution in [2.75, 3.05) is 7.11 Å². The first-order valence-electron chi connectivity index (χ1n) is 7.50. The molecule has 3 aromatic rings. The van der Waals surface area contributed by atoms with Crippen molar-refractivity contribution < 1.29 is 27.5 Å². The molecule has 27 heavy (non-hydrogen) atoms. The Morgan fingerprint density at radius 1 is 1.07 bits per heavy atom. The molecular formula is C17H12Cl2F2N2O4. The summed E-state index contributed by atoms with van der Waals surface area (Å²) in [6.07, 6.45) is 0. The molecule has 0 N–H and O–H groups in total. The number of methoxy groups -OCH3 is 1. The Morgan fingerprint density at radius 3 is 2.59 bits per heavy atom. The normalized spacial score (nSPS) is 10.9. The number of hydrogen-bond donors (Lipinski definition) is 0. The number of benzene rings is 2. The molecule has 10 heteroatoms. The van der Waals surface area contributed by atoms with E-state index >= 15 is 0 Å². The van der Waals surface area contributed by atoms with Gasteiger partial charge in [-0.1, -0.05) is 28.4 Å². The molecule has 0 unspecified atom stereocenters. The molecule has 0 saturated carbocycles. The minimum atomic E-state index is -2.96. The summed E-state index contributed by atoms with van der Waals surface area (Å²) in [5, 5.41) is 4.61. The van der Waals surface area contributed by atoms with E-state index in [9.17, 15) is 8.78 Å². The quantitative estimate of drug-likeness (QED) is 0.525. The Morgan fingerprint density at radius 2 is 1.89 bits per heavy atom. The van der Waals surface area contributed by atoms with Crippen molar-refractivity contribution >= 4 is 23.2 Å². The Labute approximate surface area is 162 Å². The van der Waals surface area contributed by atoms with Gasteiger partial charge in [-0.3, -0.25) is 0 Å². The van der Waals surface area contributed by atoms with Crippen molar-refractivity contribution in [3.63, 3.8) is 0 Å². The topological polar surface area (TPSA) is 66.6 Å². The predicted octanol–water partition coefficient (Wildman–Crippen LogP) is 5.23. The van der Waals surface area contributed by atoms with Crippen LogP contribution >= 0.6 is 23.2 Å². The molecule has 0 bridgehead atoms. The van der Waals surface area contributed by atoms with Crippen LogP contribution < -0.4 is 14.2 Å². The minimum absolute atomic E-state index is 0.00860. The summed E-state index contributed by atoms with van der Waals surface area (Å²) in [6.45, 7) is -2.95. The Balaban J connectivity index is 1.72. The van der Waals surface area contributed by atoms with Gasteiger partial charge in [0.05, 0.1) is 17.2 Å². The fourth-order valence-corrected chi connectivity index (χ4v) is 2.43. The summed E-state index contributed by atoms with van der Waals surface area (Å²) in [5.74, 6) is 0.959. The van der Waals surface area contributed by atoms with Crippen LogP contribution in [-0.2, 0) is 6.61 Å². The summed E-state index contributed by atoms with van der Waals surface area (Å²) in [7, 11) is 1.34. The van der Waals surface area contributed by atoms with Gasteiger partial charge in [0, 0.05) is 11.6 Å². The highest BCUT2D eigenvalue weighted by Gasteiger charge is 2.15. The van der Waals surface area contributed by atoms with Crippen LogP contribution in [0.25, 0.3) is 11.4 Å². The van der Waals surface area contributed by atoms with E-state index in [2.05, 4.69) is 14.9 Å². The standard InChI is InChI=1S/C17H12Cl2F2N2O4/c1-24-14-6-9(2-5-13(14)26-17(20)21)16-22-15(27-23-16)8-25-10-3-4-11(18)12(19)7-10/h2-7,17H,8H2,1H3. The van der Waals surface area contributed by atoms with Gasteiger partial charge in [0.25, 0.3) is 5.89 Å². The largest absolute Gasteiger partial charge is 0.493 e. The van der Waals surface area contributed by atoms with Gasteiger partial charge < -0.3 is 18.7 Å². The van der Waals surface area contributed by atoms with E-state index in [1.165, 1.54) is 25.3 Å². The molecule has 6 nitrogen and oxygen atoms in total. The number of hydrogen-bond acceptors (Lipinski definition) is 6. The zero-order valence-electron chi connectivity index (χ0n) is 13.8. The molecule has 0 radical (unpaired) electrons. The number of aromatic nitrogens is 2. The van der Waals surface area contributed by atoms with Gasteiger partial charge in [0.1, 0.15) is 5.75 Å². The monoisotopic (exact) mass is 416 g/mol. The zero-order valence-corrected chi connectivity index (χ0v) is 15.3. The second kappa shape index (κ2) is 8.41. The van der Waals surface area contributed by atoms with Gasteiger partial charge in [-0.15, -0.1) is 0 Å². The molecule has 1 heterocycles. The van der Waals surface area contributed by atoms with Gasteiger partial charge >= 0.3 is 6.61 Å². The second-order valence-corrected chi connectivity index (χ2v) is 5.93. The van der Waals surface area contributed by atoms with Crippen LogP contribution in [0.1, 0.15) is 5.89 Å². The van der Waals surface area contributed by atoms with E-state index in [-0.39, 0.29) is 29.8 Å². The fourth-order valence-electron chi connectivity index (χ4n) is 2.14. The van der Waals surface area contributed by atoms with Crippen molar-refractivity contribution in [1.29, 1.82) is 0 Å². The van der Waals surface area contributed by atoms with E-state index in [1.807, 2.05) is 0 Å². The lowest BCUT2D eigenvalue weighted by Crippen LogP contribution is -2.03. The smallest absolute Gasteiger partial charge is 0.387 e. The maximum absolute atomic E-state index is 12.4.